The van der Waals surface area contributed by atoms with E-state index < -0.39 is 0 Å². The highest BCUT2D eigenvalue weighted by Gasteiger charge is 2.12. The Morgan fingerprint density at radius 1 is 1.29 bits per heavy atom. The molecule has 6 heteroatoms. The summed E-state index contributed by atoms with van der Waals surface area (Å²) in [6.07, 6.45) is 0. The fraction of sp³-hybridized carbons (Fsp3) is 0.0667. The number of hydrogen-bond acceptors (Lipinski definition) is 2. The lowest BCUT2D eigenvalue weighted by molar-refractivity contribution is 0.102. The van der Waals surface area contributed by atoms with E-state index in [0.29, 0.717) is 16.2 Å². The predicted molar refractivity (Wildman–Crippen MR) is 102 cm³/mol. The van der Waals surface area contributed by atoms with Crippen molar-refractivity contribution in [2.75, 3.05) is 5.32 Å². The minimum atomic E-state index is -0.177. The van der Waals surface area contributed by atoms with E-state index in [9.17, 15) is 4.79 Å². The van der Waals surface area contributed by atoms with Crippen molar-refractivity contribution in [2.24, 2.45) is 5.73 Å². The van der Waals surface area contributed by atoms with E-state index in [-0.39, 0.29) is 5.91 Å². The van der Waals surface area contributed by atoms with Crippen LogP contribution in [0, 0.1) is 10.5 Å². The van der Waals surface area contributed by atoms with Crippen molar-refractivity contribution >= 4 is 67.3 Å². The second-order valence-electron chi connectivity index (χ2n) is 4.47. The summed E-state index contributed by atoms with van der Waals surface area (Å²) in [5.41, 5.74) is 8.60. The summed E-state index contributed by atoms with van der Waals surface area (Å²) in [6, 6.07) is 11.1. The van der Waals surface area contributed by atoms with E-state index in [4.69, 9.17) is 18.0 Å². The van der Waals surface area contributed by atoms with Crippen LogP contribution >= 0.6 is 50.7 Å². The van der Waals surface area contributed by atoms with Gasteiger partial charge in [-0.25, -0.2) is 0 Å². The number of rotatable bonds is 3. The summed E-state index contributed by atoms with van der Waals surface area (Å²) in [7, 11) is 0. The monoisotopic (exact) mass is 474 g/mol. The van der Waals surface area contributed by atoms with Crippen LogP contribution in [0.1, 0.15) is 21.5 Å². The van der Waals surface area contributed by atoms with E-state index in [1.165, 1.54) is 0 Å². The molecule has 1 amide bonds. The maximum absolute atomic E-state index is 12.4. The summed E-state index contributed by atoms with van der Waals surface area (Å²) in [6.45, 7) is 1.92. The van der Waals surface area contributed by atoms with Gasteiger partial charge in [0.15, 0.2) is 0 Å². The first kappa shape index (κ1) is 16.4. The van der Waals surface area contributed by atoms with Crippen molar-refractivity contribution in [1.82, 2.24) is 0 Å². The van der Waals surface area contributed by atoms with E-state index in [0.717, 1.165) is 19.2 Å². The Bertz CT molecular complexity index is 734. The van der Waals surface area contributed by atoms with Gasteiger partial charge in [-0.15, -0.1) is 0 Å². The SMILES string of the molecule is Cc1ccc(C(N)=S)cc1NC(=O)c1cc(I)ccc1Br. The van der Waals surface area contributed by atoms with Gasteiger partial charge < -0.3 is 11.1 Å². The van der Waals surface area contributed by atoms with Crippen molar-refractivity contribution < 1.29 is 4.79 Å². The Balaban J connectivity index is 2.33. The smallest absolute Gasteiger partial charge is 0.256 e. The van der Waals surface area contributed by atoms with E-state index >= 15 is 0 Å². The maximum atomic E-state index is 12.4. The van der Waals surface area contributed by atoms with Gasteiger partial charge in [0, 0.05) is 19.3 Å². The fourth-order valence-electron chi connectivity index (χ4n) is 1.77. The van der Waals surface area contributed by atoms with Crippen LogP contribution in [0.25, 0.3) is 0 Å². The van der Waals surface area contributed by atoms with E-state index in [1.807, 2.05) is 37.3 Å². The predicted octanol–water partition coefficient (Wildman–Crippen LogP) is 4.25. The molecule has 0 aromatic heterocycles. The van der Waals surface area contributed by atoms with E-state index in [1.54, 1.807) is 6.07 Å². The molecule has 0 saturated heterocycles. The number of hydrogen-bond donors (Lipinski definition) is 2. The number of nitrogens with two attached hydrogens (primary N) is 1. The molecule has 2 rings (SSSR count). The molecule has 0 radical (unpaired) electrons. The van der Waals surface area contributed by atoms with Crippen LogP contribution in [0.5, 0.6) is 0 Å². The van der Waals surface area contributed by atoms with Crippen LogP contribution in [0.3, 0.4) is 0 Å². The van der Waals surface area contributed by atoms with Gasteiger partial charge in [-0.1, -0.05) is 24.4 Å². The first-order valence-electron chi connectivity index (χ1n) is 6.05. The Morgan fingerprint density at radius 3 is 2.67 bits per heavy atom. The zero-order valence-electron chi connectivity index (χ0n) is 11.1. The molecule has 108 valence electrons. The Hall–Kier alpha value is -0.990. The minimum absolute atomic E-state index is 0.177. The number of aryl methyl sites for hydroxylation is 1. The van der Waals surface area contributed by atoms with Gasteiger partial charge in [-0.3, -0.25) is 4.79 Å². The zero-order chi connectivity index (χ0) is 15.6. The molecule has 2 aromatic carbocycles. The third-order valence-corrected chi connectivity index (χ3v) is 4.54. The van der Waals surface area contributed by atoms with Gasteiger partial charge in [0.2, 0.25) is 0 Å². The molecule has 0 fully saturated rings. The second kappa shape index (κ2) is 6.85. The van der Waals surface area contributed by atoms with Crippen LogP contribution in [0.4, 0.5) is 5.69 Å². The van der Waals surface area contributed by atoms with Gasteiger partial charge in [0.25, 0.3) is 5.91 Å². The van der Waals surface area contributed by atoms with Gasteiger partial charge >= 0.3 is 0 Å². The lowest BCUT2D eigenvalue weighted by Crippen LogP contribution is -2.15. The molecule has 0 saturated carbocycles. The molecule has 0 unspecified atom stereocenters. The third-order valence-electron chi connectivity index (χ3n) is 2.94. The van der Waals surface area contributed by atoms with Gasteiger partial charge in [-0.2, -0.15) is 0 Å². The molecule has 0 heterocycles. The van der Waals surface area contributed by atoms with Crippen LogP contribution in [-0.4, -0.2) is 10.9 Å². The lowest BCUT2D eigenvalue weighted by Gasteiger charge is -2.11. The summed E-state index contributed by atoms with van der Waals surface area (Å²) in [4.78, 5) is 12.7. The van der Waals surface area contributed by atoms with Crippen LogP contribution in [-0.2, 0) is 0 Å². The molecule has 0 aliphatic rings. The van der Waals surface area contributed by atoms with Crippen molar-refractivity contribution in [3.05, 3.63) is 61.1 Å². The molecular formula is C15H12BrIN2OS. The molecule has 0 atom stereocenters. The number of halogens is 2. The van der Waals surface area contributed by atoms with Gasteiger partial charge in [-0.05, 0) is 75.3 Å². The molecule has 2 aromatic rings. The van der Waals surface area contributed by atoms with Crippen LogP contribution < -0.4 is 11.1 Å². The molecule has 0 bridgehead atoms. The van der Waals surface area contributed by atoms with Crippen LogP contribution in [0.15, 0.2) is 40.9 Å². The number of anilines is 1. The highest BCUT2D eigenvalue weighted by molar-refractivity contribution is 14.1. The second-order valence-corrected chi connectivity index (χ2v) is 7.01. The van der Waals surface area contributed by atoms with Crippen LogP contribution in [0.2, 0.25) is 0 Å². The molecule has 3 nitrogen and oxygen atoms in total. The first-order chi connectivity index (χ1) is 9.88. The average molecular weight is 475 g/mol. The summed E-state index contributed by atoms with van der Waals surface area (Å²) in [5.74, 6) is -0.177. The number of benzene rings is 2. The Kier molecular flexibility index (Phi) is 5.34. The van der Waals surface area contributed by atoms with Crippen molar-refractivity contribution in [1.29, 1.82) is 0 Å². The van der Waals surface area contributed by atoms with Gasteiger partial charge in [0.1, 0.15) is 4.99 Å². The van der Waals surface area contributed by atoms with Crippen molar-refractivity contribution in [3.8, 4) is 0 Å². The molecule has 21 heavy (non-hydrogen) atoms. The topological polar surface area (TPSA) is 55.1 Å². The zero-order valence-corrected chi connectivity index (χ0v) is 15.7. The highest BCUT2D eigenvalue weighted by atomic mass is 127. The summed E-state index contributed by atoms with van der Waals surface area (Å²) >= 11 is 10.5. The van der Waals surface area contributed by atoms with Gasteiger partial charge in [0.05, 0.1) is 5.56 Å². The largest absolute Gasteiger partial charge is 0.389 e. The minimum Gasteiger partial charge on any atom is -0.389 e. The quantitative estimate of drug-likeness (QED) is 0.516. The molecule has 0 spiro atoms. The third kappa shape index (κ3) is 4.02. The number of thiocarbonyl (C=S) groups is 1. The number of carbonyl (C=O) groups excluding carboxylic acids is 1. The van der Waals surface area contributed by atoms with E-state index in [2.05, 4.69) is 43.8 Å². The average Bonchev–Trinajstić information content (AvgIpc) is 2.43. The Morgan fingerprint density at radius 2 is 2.00 bits per heavy atom. The highest BCUT2D eigenvalue weighted by Crippen LogP contribution is 2.23. The van der Waals surface area contributed by atoms with Crippen molar-refractivity contribution in [3.63, 3.8) is 0 Å². The summed E-state index contributed by atoms with van der Waals surface area (Å²) in [5, 5.41) is 2.90. The normalized spacial score (nSPS) is 10.2. The molecule has 3 N–H and O–H groups in total. The Labute approximate surface area is 150 Å². The summed E-state index contributed by atoms with van der Waals surface area (Å²) < 4.78 is 1.75. The number of carbonyl (C=O) groups is 1. The van der Waals surface area contributed by atoms with Crippen molar-refractivity contribution in [2.45, 2.75) is 6.92 Å². The molecular weight excluding hydrogens is 463 g/mol. The molecule has 0 aliphatic heterocycles. The standard InChI is InChI=1S/C15H12BrIN2OS/c1-8-2-3-9(14(18)21)6-13(8)19-15(20)11-7-10(17)4-5-12(11)16/h2-7H,1H3,(H2,18,21)(H,19,20). The maximum Gasteiger partial charge on any atom is 0.256 e. The number of amides is 1. The fourth-order valence-corrected chi connectivity index (χ4v) is 2.82. The first-order valence-corrected chi connectivity index (χ1v) is 8.33. The molecule has 0 aliphatic carbocycles. The lowest BCUT2D eigenvalue weighted by atomic mass is 10.1. The number of nitrogens with one attached hydrogen (secondary N) is 1.